The van der Waals surface area contributed by atoms with Crippen LogP contribution in [0.4, 0.5) is 0 Å². The minimum Gasteiger partial charge on any atom is -0.494 e. The van der Waals surface area contributed by atoms with E-state index in [1.54, 1.807) is 6.07 Å². The van der Waals surface area contributed by atoms with E-state index in [0.717, 1.165) is 34.2 Å². The Bertz CT molecular complexity index is 862. The molecular formula is C21H22BrCl2NO3. The SMILES string of the molecule is CCOc1ccc(Br)cc1C(c1ccc(Cl)c(Cl)c1)N1CCCCC1C(=O)O. The summed E-state index contributed by atoms with van der Waals surface area (Å²) in [4.78, 5) is 14.0. The Morgan fingerprint density at radius 3 is 2.71 bits per heavy atom. The van der Waals surface area contributed by atoms with Crippen LogP contribution in [-0.4, -0.2) is 35.2 Å². The molecule has 0 aromatic heterocycles. The molecule has 1 aliphatic rings. The monoisotopic (exact) mass is 485 g/mol. The Morgan fingerprint density at radius 2 is 2.04 bits per heavy atom. The van der Waals surface area contributed by atoms with Gasteiger partial charge < -0.3 is 9.84 Å². The number of carboxylic acids is 1. The zero-order valence-electron chi connectivity index (χ0n) is 15.5. The van der Waals surface area contributed by atoms with Crippen LogP contribution in [0.3, 0.4) is 0 Å². The largest absolute Gasteiger partial charge is 0.494 e. The summed E-state index contributed by atoms with van der Waals surface area (Å²) in [5.74, 6) is -0.0748. The maximum Gasteiger partial charge on any atom is 0.320 e. The van der Waals surface area contributed by atoms with Crippen LogP contribution in [0.25, 0.3) is 0 Å². The second-order valence-corrected chi connectivity index (χ2v) is 8.51. The lowest BCUT2D eigenvalue weighted by Gasteiger charge is -2.40. The summed E-state index contributed by atoms with van der Waals surface area (Å²) >= 11 is 16.0. The third-order valence-electron chi connectivity index (χ3n) is 4.99. The van der Waals surface area contributed by atoms with E-state index in [1.807, 2.05) is 42.2 Å². The van der Waals surface area contributed by atoms with Crippen molar-refractivity contribution in [3.8, 4) is 5.75 Å². The van der Waals surface area contributed by atoms with Crippen LogP contribution in [0.2, 0.25) is 10.0 Å². The van der Waals surface area contributed by atoms with E-state index in [2.05, 4.69) is 15.9 Å². The summed E-state index contributed by atoms with van der Waals surface area (Å²) in [5.41, 5.74) is 1.80. The second kappa shape index (κ2) is 9.49. The fourth-order valence-corrected chi connectivity index (χ4v) is 4.47. The summed E-state index contributed by atoms with van der Waals surface area (Å²) in [5, 5.41) is 10.8. The lowest BCUT2D eigenvalue weighted by atomic mass is 9.91. The predicted molar refractivity (Wildman–Crippen MR) is 116 cm³/mol. The minimum absolute atomic E-state index is 0.310. The van der Waals surface area contributed by atoms with Crippen molar-refractivity contribution >= 4 is 45.1 Å². The molecule has 28 heavy (non-hydrogen) atoms. The van der Waals surface area contributed by atoms with Gasteiger partial charge in [0.1, 0.15) is 11.8 Å². The Morgan fingerprint density at radius 1 is 1.25 bits per heavy atom. The molecule has 1 heterocycles. The lowest BCUT2D eigenvalue weighted by molar-refractivity contribution is -0.145. The number of nitrogens with zero attached hydrogens (tertiary/aromatic N) is 1. The molecule has 150 valence electrons. The molecule has 0 spiro atoms. The maximum absolute atomic E-state index is 12.0. The number of hydrogen-bond acceptors (Lipinski definition) is 3. The Kier molecular flexibility index (Phi) is 7.26. The van der Waals surface area contributed by atoms with Crippen molar-refractivity contribution < 1.29 is 14.6 Å². The normalized spacial score (nSPS) is 18.6. The van der Waals surface area contributed by atoms with Crippen molar-refractivity contribution in [1.29, 1.82) is 0 Å². The van der Waals surface area contributed by atoms with E-state index in [-0.39, 0.29) is 6.04 Å². The standard InChI is InChI=1S/C21H22BrCl2NO3/c1-2-28-19-9-7-14(22)12-15(19)20(13-6-8-16(23)17(24)11-13)25-10-4-3-5-18(25)21(26)27/h6-9,11-12,18,20H,2-5,10H2,1H3,(H,26,27). The van der Waals surface area contributed by atoms with E-state index in [0.29, 0.717) is 29.6 Å². The van der Waals surface area contributed by atoms with Crippen molar-refractivity contribution in [2.45, 2.75) is 38.3 Å². The van der Waals surface area contributed by atoms with Gasteiger partial charge in [-0.1, -0.05) is 51.6 Å². The van der Waals surface area contributed by atoms with Crippen LogP contribution >= 0.6 is 39.1 Å². The molecule has 1 fully saturated rings. The van der Waals surface area contributed by atoms with Crippen LogP contribution in [0.5, 0.6) is 5.75 Å². The summed E-state index contributed by atoms with van der Waals surface area (Å²) in [7, 11) is 0. The molecule has 1 aliphatic heterocycles. The number of benzene rings is 2. The molecular weight excluding hydrogens is 465 g/mol. The fourth-order valence-electron chi connectivity index (χ4n) is 3.78. The van der Waals surface area contributed by atoms with E-state index < -0.39 is 12.0 Å². The molecule has 0 amide bonds. The highest BCUT2D eigenvalue weighted by molar-refractivity contribution is 9.10. The molecule has 0 aliphatic carbocycles. The summed E-state index contributed by atoms with van der Waals surface area (Å²) in [6, 6.07) is 10.4. The molecule has 1 N–H and O–H groups in total. The number of piperidine rings is 1. The first-order chi connectivity index (χ1) is 13.4. The first-order valence-corrected chi connectivity index (χ1v) is 10.8. The van der Waals surface area contributed by atoms with E-state index >= 15 is 0 Å². The first kappa shape index (κ1) is 21.4. The zero-order valence-corrected chi connectivity index (χ0v) is 18.6. The van der Waals surface area contributed by atoms with Gasteiger partial charge in [0.15, 0.2) is 0 Å². The molecule has 7 heteroatoms. The number of rotatable bonds is 6. The maximum atomic E-state index is 12.0. The van der Waals surface area contributed by atoms with Gasteiger partial charge in [-0.3, -0.25) is 9.69 Å². The highest BCUT2D eigenvalue weighted by atomic mass is 79.9. The topological polar surface area (TPSA) is 49.8 Å². The molecule has 4 nitrogen and oxygen atoms in total. The van der Waals surface area contributed by atoms with Crippen LogP contribution in [-0.2, 0) is 4.79 Å². The van der Waals surface area contributed by atoms with Crippen molar-refractivity contribution in [3.05, 3.63) is 62.0 Å². The number of carbonyl (C=O) groups is 1. The van der Waals surface area contributed by atoms with Crippen LogP contribution in [0.15, 0.2) is 40.9 Å². The first-order valence-electron chi connectivity index (χ1n) is 9.28. The van der Waals surface area contributed by atoms with Crippen molar-refractivity contribution in [2.24, 2.45) is 0 Å². The van der Waals surface area contributed by atoms with Gasteiger partial charge in [0.2, 0.25) is 0 Å². The van der Waals surface area contributed by atoms with Crippen LogP contribution < -0.4 is 4.74 Å². The quantitative estimate of drug-likeness (QED) is 0.529. The van der Waals surface area contributed by atoms with Crippen LogP contribution in [0, 0.1) is 0 Å². The molecule has 1 saturated heterocycles. The molecule has 2 unspecified atom stereocenters. The van der Waals surface area contributed by atoms with E-state index in [9.17, 15) is 9.90 Å². The fraction of sp³-hybridized carbons (Fsp3) is 0.381. The number of ether oxygens (including phenoxy) is 1. The second-order valence-electron chi connectivity index (χ2n) is 6.78. The number of aliphatic carboxylic acids is 1. The molecule has 0 saturated carbocycles. The third kappa shape index (κ3) is 4.65. The number of carboxylic acid groups (broad SMARTS) is 1. The van der Waals surface area contributed by atoms with E-state index in [1.165, 1.54) is 0 Å². The van der Waals surface area contributed by atoms with Gasteiger partial charge in [-0.05, 0) is 62.2 Å². The molecule has 2 aromatic carbocycles. The van der Waals surface area contributed by atoms with Gasteiger partial charge in [0.05, 0.1) is 22.7 Å². The summed E-state index contributed by atoms with van der Waals surface area (Å²) < 4.78 is 6.78. The molecule has 2 atom stereocenters. The lowest BCUT2D eigenvalue weighted by Crippen LogP contribution is -2.47. The smallest absolute Gasteiger partial charge is 0.320 e. The van der Waals surface area contributed by atoms with Gasteiger partial charge in [0.25, 0.3) is 0 Å². The summed E-state index contributed by atoms with van der Waals surface area (Å²) in [6.45, 7) is 3.13. The minimum atomic E-state index is -0.808. The molecule has 0 radical (unpaired) electrons. The van der Waals surface area contributed by atoms with Crippen LogP contribution in [0.1, 0.15) is 43.4 Å². The molecule has 3 rings (SSSR count). The highest BCUT2D eigenvalue weighted by Crippen LogP contribution is 2.41. The van der Waals surface area contributed by atoms with Gasteiger partial charge in [-0.2, -0.15) is 0 Å². The Labute approximate surface area is 183 Å². The Balaban J connectivity index is 2.18. The Hall–Kier alpha value is -1.27. The average Bonchev–Trinajstić information content (AvgIpc) is 2.67. The van der Waals surface area contributed by atoms with Gasteiger partial charge in [-0.15, -0.1) is 0 Å². The van der Waals surface area contributed by atoms with Crippen molar-refractivity contribution in [1.82, 2.24) is 4.90 Å². The van der Waals surface area contributed by atoms with Crippen molar-refractivity contribution in [3.63, 3.8) is 0 Å². The predicted octanol–water partition coefficient (Wildman–Crippen LogP) is 6.18. The summed E-state index contributed by atoms with van der Waals surface area (Å²) in [6.07, 6.45) is 2.46. The highest BCUT2D eigenvalue weighted by Gasteiger charge is 2.36. The number of likely N-dealkylation sites (tertiary alicyclic amines) is 1. The zero-order chi connectivity index (χ0) is 20.3. The number of halogens is 3. The van der Waals surface area contributed by atoms with Gasteiger partial charge >= 0.3 is 5.97 Å². The number of hydrogen-bond donors (Lipinski definition) is 1. The van der Waals surface area contributed by atoms with E-state index in [4.69, 9.17) is 27.9 Å². The third-order valence-corrected chi connectivity index (χ3v) is 6.22. The van der Waals surface area contributed by atoms with Gasteiger partial charge in [0, 0.05) is 10.0 Å². The van der Waals surface area contributed by atoms with Gasteiger partial charge in [-0.25, -0.2) is 0 Å². The van der Waals surface area contributed by atoms with Crippen molar-refractivity contribution in [2.75, 3.05) is 13.2 Å². The average molecular weight is 487 g/mol. The molecule has 0 bridgehead atoms. The molecule has 2 aromatic rings.